The third-order valence-corrected chi connectivity index (χ3v) is 3.71. The third kappa shape index (κ3) is 3.77. The monoisotopic (exact) mass is 223 g/mol. The van der Waals surface area contributed by atoms with Gasteiger partial charge in [-0.1, -0.05) is 13.8 Å². The lowest BCUT2D eigenvalue weighted by molar-refractivity contribution is 0.111. The van der Waals surface area contributed by atoms with Gasteiger partial charge in [0.1, 0.15) is 5.54 Å². The lowest BCUT2D eigenvalue weighted by Crippen LogP contribution is -2.45. The Kier molecular flexibility index (Phi) is 4.35. The summed E-state index contributed by atoms with van der Waals surface area (Å²) < 4.78 is 0. The lowest BCUT2D eigenvalue weighted by atomic mass is 9.84. The Bertz CT molecular complexity index is 267. The highest BCUT2D eigenvalue weighted by atomic mass is 15.1. The SMILES string of the molecule is CNC(C)(C#N)CCN1CCCC(C)(C)C1. The van der Waals surface area contributed by atoms with Crippen LogP contribution >= 0.6 is 0 Å². The van der Waals surface area contributed by atoms with Gasteiger partial charge >= 0.3 is 0 Å². The van der Waals surface area contributed by atoms with Crippen LogP contribution < -0.4 is 5.32 Å². The van der Waals surface area contributed by atoms with Gasteiger partial charge in [-0.15, -0.1) is 0 Å². The average molecular weight is 223 g/mol. The summed E-state index contributed by atoms with van der Waals surface area (Å²) in [6, 6.07) is 2.35. The number of piperidine rings is 1. The van der Waals surface area contributed by atoms with E-state index in [-0.39, 0.29) is 5.54 Å². The van der Waals surface area contributed by atoms with Crippen LogP contribution in [0.3, 0.4) is 0 Å². The number of rotatable bonds is 4. The predicted octanol–water partition coefficient (Wildman–Crippen LogP) is 2.00. The molecule has 0 bridgehead atoms. The van der Waals surface area contributed by atoms with Crippen LogP contribution in [0.1, 0.15) is 40.0 Å². The maximum absolute atomic E-state index is 9.09. The van der Waals surface area contributed by atoms with Gasteiger partial charge in [0.25, 0.3) is 0 Å². The highest BCUT2D eigenvalue weighted by molar-refractivity contribution is 5.03. The summed E-state index contributed by atoms with van der Waals surface area (Å²) in [6.45, 7) is 10.0. The Hall–Kier alpha value is -0.590. The highest BCUT2D eigenvalue weighted by Crippen LogP contribution is 2.28. The fourth-order valence-corrected chi connectivity index (χ4v) is 2.35. The number of hydrogen-bond acceptors (Lipinski definition) is 3. The molecule has 0 spiro atoms. The lowest BCUT2D eigenvalue weighted by Gasteiger charge is -2.39. The van der Waals surface area contributed by atoms with E-state index in [0.29, 0.717) is 5.41 Å². The van der Waals surface area contributed by atoms with Crippen molar-refractivity contribution < 1.29 is 0 Å². The van der Waals surface area contributed by atoms with Gasteiger partial charge < -0.3 is 10.2 Å². The summed E-state index contributed by atoms with van der Waals surface area (Å²) in [5.74, 6) is 0. The van der Waals surface area contributed by atoms with E-state index in [4.69, 9.17) is 5.26 Å². The van der Waals surface area contributed by atoms with Crippen molar-refractivity contribution in [1.29, 1.82) is 5.26 Å². The number of nitrogens with zero attached hydrogens (tertiary/aromatic N) is 2. The first-order chi connectivity index (χ1) is 7.41. The van der Waals surface area contributed by atoms with E-state index in [1.165, 1.54) is 19.4 Å². The van der Waals surface area contributed by atoms with Crippen LogP contribution in [0.25, 0.3) is 0 Å². The molecule has 0 saturated carbocycles. The molecule has 1 unspecified atom stereocenters. The smallest absolute Gasteiger partial charge is 0.104 e. The van der Waals surface area contributed by atoms with Crippen molar-refractivity contribution in [3.8, 4) is 6.07 Å². The minimum atomic E-state index is -0.373. The van der Waals surface area contributed by atoms with Gasteiger partial charge in [-0.2, -0.15) is 5.26 Å². The van der Waals surface area contributed by atoms with E-state index in [9.17, 15) is 0 Å². The molecule has 1 fully saturated rings. The first-order valence-electron chi connectivity index (χ1n) is 6.23. The maximum atomic E-state index is 9.09. The minimum absolute atomic E-state index is 0.373. The van der Waals surface area contributed by atoms with Gasteiger partial charge in [-0.3, -0.25) is 0 Å². The molecule has 1 atom stereocenters. The number of nitrogens with one attached hydrogen (secondary N) is 1. The molecule has 0 aromatic heterocycles. The minimum Gasteiger partial charge on any atom is -0.303 e. The molecule has 0 aromatic carbocycles. The quantitative estimate of drug-likeness (QED) is 0.792. The van der Waals surface area contributed by atoms with E-state index in [0.717, 1.165) is 19.5 Å². The van der Waals surface area contributed by atoms with Crippen LogP contribution in [-0.4, -0.2) is 37.1 Å². The molecule has 1 heterocycles. The molecular weight excluding hydrogens is 198 g/mol. The molecular formula is C13H25N3. The summed E-state index contributed by atoms with van der Waals surface area (Å²) in [5.41, 5.74) is 0.0720. The van der Waals surface area contributed by atoms with Crippen molar-refractivity contribution in [3.05, 3.63) is 0 Å². The molecule has 0 aromatic rings. The molecule has 0 radical (unpaired) electrons. The zero-order valence-corrected chi connectivity index (χ0v) is 11.1. The molecule has 16 heavy (non-hydrogen) atoms. The van der Waals surface area contributed by atoms with Crippen LogP contribution in [0.5, 0.6) is 0 Å². The van der Waals surface area contributed by atoms with Gasteiger partial charge in [-0.05, 0) is 45.2 Å². The topological polar surface area (TPSA) is 39.1 Å². The normalized spacial score (nSPS) is 24.7. The Balaban J connectivity index is 2.41. The van der Waals surface area contributed by atoms with Gasteiger partial charge in [-0.25, -0.2) is 0 Å². The van der Waals surface area contributed by atoms with Crippen molar-refractivity contribution in [3.63, 3.8) is 0 Å². The third-order valence-electron chi connectivity index (χ3n) is 3.71. The second-order valence-electron chi connectivity index (χ2n) is 5.99. The second-order valence-corrected chi connectivity index (χ2v) is 5.99. The van der Waals surface area contributed by atoms with Crippen molar-refractivity contribution >= 4 is 0 Å². The van der Waals surface area contributed by atoms with Crippen LogP contribution in [0.4, 0.5) is 0 Å². The van der Waals surface area contributed by atoms with E-state index >= 15 is 0 Å². The first-order valence-corrected chi connectivity index (χ1v) is 6.23. The van der Waals surface area contributed by atoms with E-state index in [1.807, 2.05) is 14.0 Å². The fourth-order valence-electron chi connectivity index (χ4n) is 2.35. The number of nitriles is 1. The summed E-state index contributed by atoms with van der Waals surface area (Å²) >= 11 is 0. The summed E-state index contributed by atoms with van der Waals surface area (Å²) in [4.78, 5) is 2.50. The molecule has 3 nitrogen and oxygen atoms in total. The Labute approximate surface area is 99.8 Å². The van der Waals surface area contributed by atoms with E-state index in [1.54, 1.807) is 0 Å². The second kappa shape index (κ2) is 5.16. The molecule has 1 N–H and O–H groups in total. The van der Waals surface area contributed by atoms with E-state index < -0.39 is 0 Å². The molecule has 92 valence electrons. The number of hydrogen-bond donors (Lipinski definition) is 1. The molecule has 1 saturated heterocycles. The Morgan fingerprint density at radius 1 is 1.50 bits per heavy atom. The molecule has 3 heteroatoms. The van der Waals surface area contributed by atoms with Crippen LogP contribution in [0.15, 0.2) is 0 Å². The largest absolute Gasteiger partial charge is 0.303 e. The van der Waals surface area contributed by atoms with Crippen molar-refractivity contribution in [2.75, 3.05) is 26.7 Å². The Morgan fingerprint density at radius 3 is 2.69 bits per heavy atom. The zero-order chi connectivity index (χ0) is 12.2. The first kappa shape index (κ1) is 13.5. The predicted molar refractivity (Wildman–Crippen MR) is 67.1 cm³/mol. The van der Waals surface area contributed by atoms with Crippen LogP contribution in [-0.2, 0) is 0 Å². The number of likely N-dealkylation sites (tertiary alicyclic amines) is 1. The highest BCUT2D eigenvalue weighted by Gasteiger charge is 2.28. The van der Waals surface area contributed by atoms with E-state index in [2.05, 4.69) is 30.1 Å². The van der Waals surface area contributed by atoms with Crippen molar-refractivity contribution in [2.24, 2.45) is 5.41 Å². The summed E-state index contributed by atoms with van der Waals surface area (Å²) in [7, 11) is 1.86. The van der Waals surface area contributed by atoms with Gasteiger partial charge in [0.2, 0.25) is 0 Å². The molecule has 1 rings (SSSR count). The Morgan fingerprint density at radius 2 is 2.19 bits per heavy atom. The van der Waals surface area contributed by atoms with Gasteiger partial charge in [0.05, 0.1) is 6.07 Å². The molecule has 1 aliphatic rings. The maximum Gasteiger partial charge on any atom is 0.104 e. The summed E-state index contributed by atoms with van der Waals surface area (Å²) in [6.07, 6.45) is 3.51. The standard InChI is InChI=1S/C13H25N3/c1-12(2)6-5-8-16(11-12)9-7-13(3,10-14)15-4/h15H,5-9,11H2,1-4H3. The average Bonchev–Trinajstić information content (AvgIpc) is 2.25. The van der Waals surface area contributed by atoms with Gasteiger partial charge in [0, 0.05) is 13.1 Å². The van der Waals surface area contributed by atoms with Crippen LogP contribution in [0.2, 0.25) is 0 Å². The van der Waals surface area contributed by atoms with Gasteiger partial charge in [0.15, 0.2) is 0 Å². The van der Waals surface area contributed by atoms with Crippen molar-refractivity contribution in [2.45, 2.75) is 45.6 Å². The fraction of sp³-hybridized carbons (Fsp3) is 0.923. The zero-order valence-electron chi connectivity index (χ0n) is 11.1. The summed E-state index contributed by atoms with van der Waals surface area (Å²) in [5, 5.41) is 12.2. The molecule has 0 aliphatic carbocycles. The molecule has 0 amide bonds. The van der Waals surface area contributed by atoms with Crippen LogP contribution in [0, 0.1) is 16.7 Å². The van der Waals surface area contributed by atoms with Crippen molar-refractivity contribution in [1.82, 2.24) is 10.2 Å². The molecule has 1 aliphatic heterocycles.